The summed E-state index contributed by atoms with van der Waals surface area (Å²) in [4.78, 5) is 5.33. The Balaban J connectivity index is 0.00000161. The largest absolute Gasteiger partial charge is 0.317 e. The second-order valence-electron chi connectivity index (χ2n) is 6.50. The summed E-state index contributed by atoms with van der Waals surface area (Å²) in [5.74, 6) is 0. The molecule has 0 unspecified atom stereocenters. The molecule has 2 aliphatic heterocycles. The van der Waals surface area contributed by atoms with Crippen molar-refractivity contribution in [3.63, 3.8) is 0 Å². The molecule has 1 aromatic rings. The fourth-order valence-corrected chi connectivity index (χ4v) is 3.57. The minimum atomic E-state index is 0. The minimum Gasteiger partial charge on any atom is -0.317 e. The second-order valence-corrected chi connectivity index (χ2v) is 6.50. The Hall–Kier alpha value is -0.610. The zero-order valence-corrected chi connectivity index (χ0v) is 13.9. The smallest absolute Gasteiger partial charge is 0.0234 e. The van der Waals surface area contributed by atoms with Crippen LogP contribution in [0.15, 0.2) is 30.3 Å². The number of hydrogen-bond donors (Lipinski definition) is 1. The highest BCUT2D eigenvalue weighted by molar-refractivity contribution is 5.85. The van der Waals surface area contributed by atoms with Gasteiger partial charge < -0.3 is 5.32 Å². The Morgan fingerprint density at radius 3 is 2.24 bits per heavy atom. The fraction of sp³-hybridized carbons (Fsp3) is 0.647. The van der Waals surface area contributed by atoms with Crippen molar-refractivity contribution in [2.45, 2.75) is 31.8 Å². The van der Waals surface area contributed by atoms with E-state index in [0.717, 1.165) is 6.54 Å². The van der Waals surface area contributed by atoms with E-state index in [1.54, 1.807) is 0 Å². The summed E-state index contributed by atoms with van der Waals surface area (Å²) in [6.45, 7) is 10.8. The molecule has 0 radical (unpaired) electrons. The first-order chi connectivity index (χ1) is 9.76. The lowest BCUT2D eigenvalue weighted by molar-refractivity contribution is 0.0211. The Kier molecular flexibility index (Phi) is 6.06. The van der Waals surface area contributed by atoms with E-state index in [0.29, 0.717) is 5.54 Å². The molecule has 0 amide bonds. The molecule has 2 aliphatic rings. The van der Waals surface area contributed by atoms with Gasteiger partial charge in [-0.2, -0.15) is 0 Å². The van der Waals surface area contributed by atoms with E-state index in [-0.39, 0.29) is 12.4 Å². The van der Waals surface area contributed by atoms with Crippen LogP contribution in [0.1, 0.15) is 25.3 Å². The topological polar surface area (TPSA) is 18.5 Å². The highest BCUT2D eigenvalue weighted by Crippen LogP contribution is 2.26. The van der Waals surface area contributed by atoms with E-state index in [2.05, 4.69) is 52.4 Å². The molecule has 0 bridgehead atoms. The number of nitrogens with zero attached hydrogens (tertiary/aromatic N) is 2. The van der Waals surface area contributed by atoms with E-state index in [1.807, 2.05) is 0 Å². The third kappa shape index (κ3) is 4.19. The van der Waals surface area contributed by atoms with Gasteiger partial charge in [0.25, 0.3) is 0 Å². The molecular formula is C17H28ClN3. The van der Waals surface area contributed by atoms with Crippen molar-refractivity contribution in [2.75, 3.05) is 39.3 Å². The Morgan fingerprint density at radius 2 is 1.62 bits per heavy atom. The van der Waals surface area contributed by atoms with Crippen molar-refractivity contribution in [3.8, 4) is 0 Å². The van der Waals surface area contributed by atoms with Gasteiger partial charge in [0.1, 0.15) is 0 Å². The quantitative estimate of drug-likeness (QED) is 0.925. The fourth-order valence-electron chi connectivity index (χ4n) is 3.57. The molecule has 3 rings (SSSR count). The molecule has 21 heavy (non-hydrogen) atoms. The molecule has 1 aromatic carbocycles. The van der Waals surface area contributed by atoms with E-state index < -0.39 is 0 Å². The van der Waals surface area contributed by atoms with Crippen molar-refractivity contribution in [3.05, 3.63) is 35.9 Å². The molecule has 4 heteroatoms. The lowest BCUT2D eigenvalue weighted by Gasteiger charge is -2.48. The summed E-state index contributed by atoms with van der Waals surface area (Å²) in [5, 5.41) is 3.48. The number of rotatable bonds is 3. The number of hydrogen-bond acceptors (Lipinski definition) is 3. The van der Waals surface area contributed by atoms with Crippen molar-refractivity contribution in [1.29, 1.82) is 0 Å². The van der Waals surface area contributed by atoms with E-state index >= 15 is 0 Å². The maximum Gasteiger partial charge on any atom is 0.0234 e. The predicted molar refractivity (Wildman–Crippen MR) is 91.0 cm³/mol. The van der Waals surface area contributed by atoms with Crippen LogP contribution in [-0.2, 0) is 6.54 Å². The second kappa shape index (κ2) is 7.59. The third-order valence-electron chi connectivity index (χ3n) is 5.07. The van der Waals surface area contributed by atoms with Gasteiger partial charge in [0.05, 0.1) is 0 Å². The molecule has 3 nitrogen and oxygen atoms in total. The van der Waals surface area contributed by atoms with Gasteiger partial charge >= 0.3 is 0 Å². The Bertz CT molecular complexity index is 409. The van der Waals surface area contributed by atoms with Crippen LogP contribution in [0.3, 0.4) is 0 Å². The van der Waals surface area contributed by atoms with Gasteiger partial charge in [-0.1, -0.05) is 30.3 Å². The molecule has 2 heterocycles. The molecule has 0 saturated carbocycles. The first-order valence-corrected chi connectivity index (χ1v) is 7.98. The molecule has 2 fully saturated rings. The maximum atomic E-state index is 3.48. The Labute approximate surface area is 135 Å². The molecule has 0 aromatic heterocycles. The van der Waals surface area contributed by atoms with Gasteiger partial charge in [-0.05, 0) is 38.4 Å². The van der Waals surface area contributed by atoms with Gasteiger partial charge in [-0.3, -0.25) is 9.80 Å². The standard InChI is InChI=1S/C17H27N3.ClH/c1-17(7-9-18-10-8-17)20-13-11-19(12-14-20)15-16-5-3-2-4-6-16;/h2-6,18H,7-15H2,1H3;1H. The Morgan fingerprint density at radius 1 is 1.00 bits per heavy atom. The van der Waals surface area contributed by atoms with Crippen molar-refractivity contribution in [1.82, 2.24) is 15.1 Å². The first-order valence-electron chi connectivity index (χ1n) is 7.98. The van der Waals surface area contributed by atoms with Crippen LogP contribution in [0.4, 0.5) is 0 Å². The maximum absolute atomic E-state index is 3.48. The van der Waals surface area contributed by atoms with Crippen LogP contribution in [-0.4, -0.2) is 54.6 Å². The predicted octanol–water partition coefficient (Wildman–Crippen LogP) is 2.37. The van der Waals surface area contributed by atoms with Crippen LogP contribution in [0, 0.1) is 0 Å². The van der Waals surface area contributed by atoms with Gasteiger partial charge in [-0.25, -0.2) is 0 Å². The summed E-state index contributed by atoms with van der Waals surface area (Å²) >= 11 is 0. The summed E-state index contributed by atoms with van der Waals surface area (Å²) in [6.07, 6.45) is 2.59. The van der Waals surface area contributed by atoms with Crippen LogP contribution >= 0.6 is 12.4 Å². The normalized spacial score (nSPS) is 23.5. The van der Waals surface area contributed by atoms with Crippen LogP contribution in [0.25, 0.3) is 0 Å². The average molecular weight is 310 g/mol. The van der Waals surface area contributed by atoms with Gasteiger partial charge in [0.15, 0.2) is 0 Å². The number of halogens is 1. The highest BCUT2D eigenvalue weighted by Gasteiger charge is 2.34. The first kappa shape index (κ1) is 16.8. The lowest BCUT2D eigenvalue weighted by Crippen LogP contribution is -2.58. The SMILES string of the molecule is CC1(N2CCN(Cc3ccccc3)CC2)CCNCC1.Cl. The molecular weight excluding hydrogens is 282 g/mol. The highest BCUT2D eigenvalue weighted by atomic mass is 35.5. The number of piperidine rings is 1. The third-order valence-corrected chi connectivity index (χ3v) is 5.07. The molecule has 0 atom stereocenters. The lowest BCUT2D eigenvalue weighted by atomic mass is 9.88. The zero-order valence-electron chi connectivity index (χ0n) is 13.1. The van der Waals surface area contributed by atoms with E-state index in [9.17, 15) is 0 Å². The van der Waals surface area contributed by atoms with Crippen molar-refractivity contribution >= 4 is 12.4 Å². The summed E-state index contributed by atoms with van der Waals surface area (Å²) in [6, 6.07) is 10.9. The molecule has 0 spiro atoms. The number of benzene rings is 1. The van der Waals surface area contributed by atoms with Gasteiger partial charge in [0.2, 0.25) is 0 Å². The number of piperazine rings is 1. The van der Waals surface area contributed by atoms with Gasteiger partial charge in [0, 0.05) is 38.3 Å². The van der Waals surface area contributed by atoms with Crippen LogP contribution in [0.2, 0.25) is 0 Å². The molecule has 0 aliphatic carbocycles. The zero-order chi connectivity index (χ0) is 13.8. The number of nitrogens with one attached hydrogen (secondary N) is 1. The summed E-state index contributed by atoms with van der Waals surface area (Å²) in [7, 11) is 0. The van der Waals surface area contributed by atoms with Crippen molar-refractivity contribution < 1.29 is 0 Å². The average Bonchev–Trinajstić information content (AvgIpc) is 2.50. The summed E-state index contributed by atoms with van der Waals surface area (Å²) < 4.78 is 0. The van der Waals surface area contributed by atoms with Crippen molar-refractivity contribution in [2.24, 2.45) is 0 Å². The molecule has 2 saturated heterocycles. The monoisotopic (exact) mass is 309 g/mol. The molecule has 1 N–H and O–H groups in total. The van der Waals surface area contributed by atoms with E-state index in [4.69, 9.17) is 0 Å². The van der Waals surface area contributed by atoms with Crippen LogP contribution < -0.4 is 5.32 Å². The van der Waals surface area contributed by atoms with E-state index in [1.165, 1.54) is 57.7 Å². The minimum absolute atomic E-state index is 0. The summed E-state index contributed by atoms with van der Waals surface area (Å²) in [5.41, 5.74) is 1.87. The molecule has 118 valence electrons. The van der Waals surface area contributed by atoms with Gasteiger partial charge in [-0.15, -0.1) is 12.4 Å². The van der Waals surface area contributed by atoms with Crippen LogP contribution in [0.5, 0.6) is 0 Å².